The predicted molar refractivity (Wildman–Crippen MR) is 87.0 cm³/mol. The topological polar surface area (TPSA) is 0 Å². The lowest BCUT2D eigenvalue weighted by Gasteiger charge is -2.14. The van der Waals surface area contributed by atoms with E-state index in [0.29, 0.717) is 0 Å². The van der Waals surface area contributed by atoms with Crippen molar-refractivity contribution in [1.29, 1.82) is 0 Å². The molecular formula is C16H22S2. The molecule has 1 heterocycles. The smallest absolute Gasteiger partial charge is 0.0127 e. The maximum Gasteiger partial charge on any atom is 0.0127 e. The summed E-state index contributed by atoms with van der Waals surface area (Å²) in [5, 5.41) is 5.17. The van der Waals surface area contributed by atoms with Gasteiger partial charge in [0.25, 0.3) is 0 Å². The zero-order valence-corrected chi connectivity index (χ0v) is 12.8. The third kappa shape index (κ3) is 3.52. The molecule has 0 aliphatic rings. The van der Waals surface area contributed by atoms with E-state index in [-0.39, 0.29) is 0 Å². The summed E-state index contributed by atoms with van der Waals surface area (Å²) in [7, 11) is 0. The summed E-state index contributed by atoms with van der Waals surface area (Å²) in [6.45, 7) is 2.29. The first kappa shape index (κ1) is 14.0. The second-order valence-electron chi connectivity index (χ2n) is 4.97. The summed E-state index contributed by atoms with van der Waals surface area (Å²) >= 11 is 6.27. The molecule has 0 aliphatic carbocycles. The Morgan fingerprint density at radius 1 is 1.22 bits per heavy atom. The number of hydrogen-bond donors (Lipinski definition) is 1. The fraction of sp³-hybridized carbons (Fsp3) is 0.500. The molecule has 0 amide bonds. The van der Waals surface area contributed by atoms with Gasteiger partial charge in [0.05, 0.1) is 0 Å². The van der Waals surface area contributed by atoms with Gasteiger partial charge < -0.3 is 0 Å². The highest BCUT2D eigenvalue weighted by Gasteiger charge is 2.12. The first-order valence-electron chi connectivity index (χ1n) is 6.91. The van der Waals surface area contributed by atoms with Crippen molar-refractivity contribution in [1.82, 2.24) is 0 Å². The quantitative estimate of drug-likeness (QED) is 0.629. The number of thiophene rings is 1. The lowest BCUT2D eigenvalue weighted by atomic mass is 9.93. The van der Waals surface area contributed by atoms with E-state index in [1.54, 1.807) is 4.88 Å². The van der Waals surface area contributed by atoms with Crippen molar-refractivity contribution in [2.45, 2.75) is 39.0 Å². The Kier molecular flexibility index (Phi) is 5.58. The molecule has 0 radical (unpaired) electrons. The summed E-state index contributed by atoms with van der Waals surface area (Å²) in [6, 6.07) is 8.77. The molecule has 0 spiro atoms. The highest BCUT2D eigenvalue weighted by molar-refractivity contribution is 7.80. The molecule has 0 aliphatic heterocycles. The zero-order valence-electron chi connectivity index (χ0n) is 11.1. The van der Waals surface area contributed by atoms with Crippen LogP contribution in [-0.2, 0) is 6.42 Å². The normalized spacial score (nSPS) is 13.0. The average Bonchev–Trinajstić information content (AvgIpc) is 2.80. The van der Waals surface area contributed by atoms with Crippen LogP contribution >= 0.6 is 24.0 Å². The number of hydrogen-bond acceptors (Lipinski definition) is 2. The largest absolute Gasteiger partial charge is 0.179 e. The molecule has 1 atom stereocenters. The highest BCUT2D eigenvalue weighted by Crippen LogP contribution is 2.30. The molecule has 2 aromatic rings. The Bertz CT molecular complexity index is 473. The van der Waals surface area contributed by atoms with Crippen molar-refractivity contribution < 1.29 is 0 Å². The van der Waals surface area contributed by atoms with E-state index in [1.165, 1.54) is 42.9 Å². The van der Waals surface area contributed by atoms with E-state index in [1.807, 2.05) is 11.3 Å². The second-order valence-corrected chi connectivity index (χ2v) is 6.38. The summed E-state index contributed by atoms with van der Waals surface area (Å²) in [6.07, 6.45) is 6.46. The second kappa shape index (κ2) is 7.20. The summed E-state index contributed by atoms with van der Waals surface area (Å²) in [5.41, 5.74) is 0. The van der Waals surface area contributed by atoms with Crippen molar-refractivity contribution >= 4 is 34.7 Å². The third-order valence-electron chi connectivity index (χ3n) is 3.53. The van der Waals surface area contributed by atoms with Crippen LogP contribution in [0.1, 0.15) is 37.5 Å². The minimum atomic E-state index is 0.837. The standard InChI is InChI=1S/C16H22S2/c1-2-6-13(7-5-10-17)11-16-15-9-4-3-8-14(15)12-18-16/h3-4,8-9,12-13,17H,2,5-7,10-11H2,1H3. The summed E-state index contributed by atoms with van der Waals surface area (Å²) in [5.74, 6) is 1.86. The van der Waals surface area contributed by atoms with Gasteiger partial charge in [-0.15, -0.1) is 11.3 Å². The van der Waals surface area contributed by atoms with Gasteiger partial charge in [0, 0.05) is 4.88 Å². The van der Waals surface area contributed by atoms with Crippen molar-refractivity contribution in [3.05, 3.63) is 34.5 Å². The molecule has 1 aromatic carbocycles. The molecule has 0 bridgehead atoms. The molecule has 18 heavy (non-hydrogen) atoms. The van der Waals surface area contributed by atoms with Crippen LogP contribution in [0.15, 0.2) is 29.6 Å². The molecule has 0 nitrogen and oxygen atoms in total. The Hall–Kier alpha value is -0.470. The monoisotopic (exact) mass is 278 g/mol. The molecule has 1 unspecified atom stereocenters. The van der Waals surface area contributed by atoms with E-state index in [0.717, 1.165) is 11.7 Å². The zero-order chi connectivity index (χ0) is 12.8. The molecule has 0 saturated carbocycles. The van der Waals surface area contributed by atoms with E-state index >= 15 is 0 Å². The third-order valence-corrected chi connectivity index (χ3v) is 4.89. The lowest BCUT2D eigenvalue weighted by molar-refractivity contribution is 0.443. The predicted octanol–water partition coefficient (Wildman–Crippen LogP) is 5.57. The van der Waals surface area contributed by atoms with Crippen LogP contribution in [0.5, 0.6) is 0 Å². The van der Waals surface area contributed by atoms with Gasteiger partial charge in [-0.05, 0) is 47.1 Å². The van der Waals surface area contributed by atoms with E-state index in [9.17, 15) is 0 Å². The van der Waals surface area contributed by atoms with E-state index in [2.05, 4.69) is 49.2 Å². The van der Waals surface area contributed by atoms with Gasteiger partial charge in [-0.1, -0.05) is 44.0 Å². The van der Waals surface area contributed by atoms with Gasteiger partial charge in [-0.2, -0.15) is 12.6 Å². The number of thiol groups is 1. The molecule has 98 valence electrons. The summed E-state index contributed by atoms with van der Waals surface area (Å²) < 4.78 is 0. The molecule has 2 rings (SSSR count). The Morgan fingerprint density at radius 2 is 2.06 bits per heavy atom. The maximum atomic E-state index is 4.34. The summed E-state index contributed by atoms with van der Waals surface area (Å²) in [4.78, 5) is 1.57. The van der Waals surface area contributed by atoms with Gasteiger partial charge in [-0.25, -0.2) is 0 Å². The molecule has 0 N–H and O–H groups in total. The number of rotatable bonds is 7. The lowest BCUT2D eigenvalue weighted by Crippen LogP contribution is -2.04. The first-order valence-corrected chi connectivity index (χ1v) is 8.42. The average molecular weight is 278 g/mol. The van der Waals surface area contributed by atoms with Crippen LogP contribution < -0.4 is 0 Å². The van der Waals surface area contributed by atoms with Crippen LogP contribution in [0.4, 0.5) is 0 Å². The number of benzene rings is 1. The molecule has 1 aromatic heterocycles. The van der Waals surface area contributed by atoms with Gasteiger partial charge in [-0.3, -0.25) is 0 Å². The number of fused-ring (bicyclic) bond motifs is 1. The Labute approximate surface area is 120 Å². The fourth-order valence-corrected chi connectivity index (χ4v) is 3.91. The van der Waals surface area contributed by atoms with Crippen LogP contribution in [-0.4, -0.2) is 5.75 Å². The van der Waals surface area contributed by atoms with Gasteiger partial charge in [0.1, 0.15) is 0 Å². The van der Waals surface area contributed by atoms with Crippen molar-refractivity contribution in [3.8, 4) is 0 Å². The molecule has 0 fully saturated rings. The van der Waals surface area contributed by atoms with Gasteiger partial charge in [0.15, 0.2) is 0 Å². The highest BCUT2D eigenvalue weighted by atomic mass is 32.1. The fourth-order valence-electron chi connectivity index (χ4n) is 2.61. The van der Waals surface area contributed by atoms with Crippen molar-refractivity contribution in [2.75, 3.05) is 5.75 Å². The van der Waals surface area contributed by atoms with Crippen molar-refractivity contribution in [2.24, 2.45) is 5.92 Å². The maximum absolute atomic E-state index is 4.34. The van der Waals surface area contributed by atoms with Crippen LogP contribution in [0.25, 0.3) is 10.8 Å². The first-order chi connectivity index (χ1) is 8.85. The minimum Gasteiger partial charge on any atom is -0.179 e. The van der Waals surface area contributed by atoms with Gasteiger partial charge >= 0.3 is 0 Å². The SMILES string of the molecule is CCCC(CCCS)Cc1scc2ccccc12. The van der Waals surface area contributed by atoms with Crippen LogP contribution in [0.3, 0.4) is 0 Å². The van der Waals surface area contributed by atoms with Crippen molar-refractivity contribution in [3.63, 3.8) is 0 Å². The van der Waals surface area contributed by atoms with Crippen LogP contribution in [0.2, 0.25) is 0 Å². The van der Waals surface area contributed by atoms with Gasteiger partial charge in [0.2, 0.25) is 0 Å². The Balaban J connectivity index is 2.10. The minimum absolute atomic E-state index is 0.837. The molecule has 2 heteroatoms. The van der Waals surface area contributed by atoms with Crippen LogP contribution in [0, 0.1) is 5.92 Å². The molecule has 0 saturated heterocycles. The molecular weight excluding hydrogens is 256 g/mol. The van der Waals surface area contributed by atoms with E-state index < -0.39 is 0 Å². The van der Waals surface area contributed by atoms with E-state index in [4.69, 9.17) is 0 Å². The Morgan fingerprint density at radius 3 is 2.83 bits per heavy atom.